The zero-order valence-electron chi connectivity index (χ0n) is 13.0. The van der Waals surface area contributed by atoms with Crippen LogP contribution in [0.3, 0.4) is 0 Å². The van der Waals surface area contributed by atoms with Crippen LogP contribution in [-0.2, 0) is 19.3 Å². The van der Waals surface area contributed by atoms with Gasteiger partial charge >= 0.3 is 6.18 Å². The van der Waals surface area contributed by atoms with Gasteiger partial charge in [0.2, 0.25) is 5.95 Å². The van der Waals surface area contributed by atoms with E-state index in [9.17, 15) is 13.2 Å². The zero-order chi connectivity index (χ0) is 17.9. The van der Waals surface area contributed by atoms with Crippen LogP contribution in [0.2, 0.25) is 0 Å². The van der Waals surface area contributed by atoms with E-state index in [-0.39, 0.29) is 23.9 Å². The van der Waals surface area contributed by atoms with Crippen LogP contribution in [0.25, 0.3) is 11.5 Å². The third-order valence-corrected chi connectivity index (χ3v) is 3.50. The third-order valence-electron chi connectivity index (χ3n) is 3.50. The van der Waals surface area contributed by atoms with Crippen molar-refractivity contribution in [2.24, 2.45) is 5.73 Å². The van der Waals surface area contributed by atoms with Crippen LogP contribution in [0.4, 0.5) is 19.1 Å². The number of alkyl halides is 3. The van der Waals surface area contributed by atoms with Crippen LogP contribution in [0.5, 0.6) is 0 Å². The maximum Gasteiger partial charge on any atom is 0.433 e. The van der Waals surface area contributed by atoms with Gasteiger partial charge in [0.05, 0.1) is 6.26 Å². The Kier molecular flexibility index (Phi) is 4.71. The second kappa shape index (κ2) is 6.94. The van der Waals surface area contributed by atoms with E-state index in [1.165, 1.54) is 12.3 Å². The number of hydrogen-bond acceptors (Lipinski definition) is 5. The Morgan fingerprint density at radius 1 is 1.04 bits per heavy atom. The summed E-state index contributed by atoms with van der Waals surface area (Å²) in [4.78, 5) is 7.66. The molecule has 0 atom stereocenters. The number of nitrogens with one attached hydrogen (secondary N) is 1. The Hall–Kier alpha value is -2.87. The molecule has 2 heterocycles. The highest BCUT2D eigenvalue weighted by Crippen LogP contribution is 2.31. The Labute approximate surface area is 141 Å². The molecule has 3 N–H and O–H groups in total. The molecule has 3 rings (SSSR count). The molecule has 0 saturated carbocycles. The highest BCUT2D eigenvalue weighted by Gasteiger charge is 2.34. The maximum atomic E-state index is 13.1. The fraction of sp³-hybridized carbons (Fsp3) is 0.176. The van der Waals surface area contributed by atoms with Gasteiger partial charge in [-0.15, -0.1) is 0 Å². The number of benzene rings is 1. The first-order valence-corrected chi connectivity index (χ1v) is 7.47. The Bertz CT molecular complexity index is 830. The lowest BCUT2D eigenvalue weighted by atomic mass is 10.1. The zero-order valence-corrected chi connectivity index (χ0v) is 13.0. The van der Waals surface area contributed by atoms with Crippen LogP contribution in [0.1, 0.15) is 16.8 Å². The van der Waals surface area contributed by atoms with Gasteiger partial charge in [-0.1, -0.05) is 24.3 Å². The van der Waals surface area contributed by atoms with E-state index in [0.717, 1.165) is 17.2 Å². The highest BCUT2D eigenvalue weighted by atomic mass is 19.4. The molecule has 0 amide bonds. The molecule has 0 spiro atoms. The second-order valence-electron chi connectivity index (χ2n) is 5.31. The summed E-state index contributed by atoms with van der Waals surface area (Å²) in [6, 6.07) is 11.4. The lowest BCUT2D eigenvalue weighted by molar-refractivity contribution is -0.141. The third kappa shape index (κ3) is 4.16. The molecule has 3 aromatic rings. The van der Waals surface area contributed by atoms with E-state index in [1.807, 2.05) is 24.3 Å². The van der Waals surface area contributed by atoms with Crippen molar-refractivity contribution in [3.05, 3.63) is 65.5 Å². The molecule has 0 aliphatic rings. The molecule has 0 fully saturated rings. The largest absolute Gasteiger partial charge is 0.463 e. The molecule has 0 aliphatic heterocycles. The van der Waals surface area contributed by atoms with Crippen molar-refractivity contribution in [2.75, 3.05) is 5.32 Å². The summed E-state index contributed by atoms with van der Waals surface area (Å²) in [5, 5.41) is 2.82. The number of rotatable bonds is 5. The SMILES string of the molecule is NCc1ccc(CNc2nc(-c3ccco3)cc(C(F)(F)F)n2)cc1. The summed E-state index contributed by atoms with van der Waals surface area (Å²) in [5.41, 5.74) is 6.41. The monoisotopic (exact) mass is 348 g/mol. The van der Waals surface area contributed by atoms with Crippen molar-refractivity contribution in [2.45, 2.75) is 19.3 Å². The number of furan rings is 1. The Morgan fingerprint density at radius 3 is 2.36 bits per heavy atom. The van der Waals surface area contributed by atoms with E-state index in [0.29, 0.717) is 6.54 Å². The summed E-state index contributed by atoms with van der Waals surface area (Å²) < 4.78 is 44.4. The standard InChI is InChI=1S/C17H15F3N4O/c18-17(19,20)15-8-13(14-2-1-7-25-14)23-16(24-15)22-10-12-5-3-11(9-21)4-6-12/h1-8H,9-10,21H2,(H,22,23,24). The first-order valence-electron chi connectivity index (χ1n) is 7.47. The number of aromatic nitrogens is 2. The average Bonchev–Trinajstić information content (AvgIpc) is 3.14. The molecular formula is C17H15F3N4O. The fourth-order valence-corrected chi connectivity index (χ4v) is 2.20. The lowest BCUT2D eigenvalue weighted by Crippen LogP contribution is -2.12. The van der Waals surface area contributed by atoms with Gasteiger partial charge in [0.15, 0.2) is 11.5 Å². The van der Waals surface area contributed by atoms with E-state index < -0.39 is 11.9 Å². The van der Waals surface area contributed by atoms with Crippen LogP contribution >= 0.6 is 0 Å². The minimum Gasteiger partial charge on any atom is -0.463 e. The topological polar surface area (TPSA) is 77.0 Å². The van der Waals surface area contributed by atoms with E-state index >= 15 is 0 Å². The molecule has 0 aliphatic carbocycles. The molecule has 8 heteroatoms. The van der Waals surface area contributed by atoms with Crippen molar-refractivity contribution >= 4 is 5.95 Å². The molecule has 0 radical (unpaired) electrons. The quantitative estimate of drug-likeness (QED) is 0.733. The van der Waals surface area contributed by atoms with Crippen molar-refractivity contribution in [3.8, 4) is 11.5 Å². The van der Waals surface area contributed by atoms with Gasteiger partial charge in [-0.05, 0) is 29.3 Å². The fourth-order valence-electron chi connectivity index (χ4n) is 2.20. The predicted molar refractivity (Wildman–Crippen MR) is 86.4 cm³/mol. The van der Waals surface area contributed by atoms with Crippen molar-refractivity contribution in [1.29, 1.82) is 0 Å². The molecule has 0 bridgehead atoms. The van der Waals surface area contributed by atoms with E-state index in [2.05, 4.69) is 15.3 Å². The number of anilines is 1. The summed E-state index contributed by atoms with van der Waals surface area (Å²) in [7, 11) is 0. The molecule has 130 valence electrons. The van der Waals surface area contributed by atoms with E-state index in [1.54, 1.807) is 6.07 Å². The van der Waals surface area contributed by atoms with Gasteiger partial charge in [0.25, 0.3) is 0 Å². The van der Waals surface area contributed by atoms with Crippen molar-refractivity contribution in [3.63, 3.8) is 0 Å². The maximum absolute atomic E-state index is 13.1. The average molecular weight is 348 g/mol. The summed E-state index contributed by atoms with van der Waals surface area (Å²) in [6.07, 6.45) is -3.21. The Balaban J connectivity index is 1.85. The normalized spacial score (nSPS) is 11.5. The highest BCUT2D eigenvalue weighted by molar-refractivity contribution is 5.54. The molecule has 1 aromatic carbocycles. The van der Waals surface area contributed by atoms with Crippen LogP contribution in [0, 0.1) is 0 Å². The number of nitrogens with zero attached hydrogens (tertiary/aromatic N) is 2. The first-order chi connectivity index (χ1) is 12.0. The number of halogens is 3. The molecule has 0 saturated heterocycles. The van der Waals surface area contributed by atoms with Gasteiger partial charge in [0.1, 0.15) is 5.69 Å². The van der Waals surface area contributed by atoms with Gasteiger partial charge in [-0.25, -0.2) is 9.97 Å². The van der Waals surface area contributed by atoms with Crippen molar-refractivity contribution < 1.29 is 17.6 Å². The summed E-state index contributed by atoms with van der Waals surface area (Å²) >= 11 is 0. The molecular weight excluding hydrogens is 333 g/mol. The van der Waals surface area contributed by atoms with E-state index in [4.69, 9.17) is 10.2 Å². The van der Waals surface area contributed by atoms with Crippen molar-refractivity contribution in [1.82, 2.24) is 9.97 Å². The number of hydrogen-bond donors (Lipinski definition) is 2. The second-order valence-corrected chi connectivity index (χ2v) is 5.31. The minimum absolute atomic E-state index is 0.0632. The summed E-state index contributed by atoms with van der Waals surface area (Å²) in [5.74, 6) is 0.118. The molecule has 25 heavy (non-hydrogen) atoms. The molecule has 5 nitrogen and oxygen atoms in total. The summed E-state index contributed by atoms with van der Waals surface area (Å²) in [6.45, 7) is 0.709. The van der Waals surface area contributed by atoms with Crippen LogP contribution in [0.15, 0.2) is 53.1 Å². The number of nitrogens with two attached hydrogens (primary N) is 1. The van der Waals surface area contributed by atoms with Gasteiger partial charge < -0.3 is 15.5 Å². The van der Waals surface area contributed by atoms with Gasteiger partial charge in [-0.3, -0.25) is 0 Å². The van der Waals surface area contributed by atoms with Crippen LogP contribution in [-0.4, -0.2) is 9.97 Å². The van der Waals surface area contributed by atoms with Crippen LogP contribution < -0.4 is 11.1 Å². The Morgan fingerprint density at radius 2 is 1.76 bits per heavy atom. The molecule has 2 aromatic heterocycles. The predicted octanol–water partition coefficient (Wildman–Crippen LogP) is 3.83. The lowest BCUT2D eigenvalue weighted by Gasteiger charge is -2.11. The smallest absolute Gasteiger partial charge is 0.433 e. The van der Waals surface area contributed by atoms with Gasteiger partial charge in [-0.2, -0.15) is 13.2 Å². The molecule has 0 unspecified atom stereocenters. The minimum atomic E-state index is -4.58. The van der Waals surface area contributed by atoms with Gasteiger partial charge in [0, 0.05) is 13.1 Å². The first kappa shape index (κ1) is 17.0.